The number of carbonyl (C=O) groups is 1. The maximum atomic E-state index is 12.7. The summed E-state index contributed by atoms with van der Waals surface area (Å²) < 4.78 is 0. The molecule has 0 unspecified atom stereocenters. The molecule has 0 radical (unpaired) electrons. The Kier molecular flexibility index (Phi) is 3.95. The van der Waals surface area contributed by atoms with Crippen molar-refractivity contribution in [2.24, 2.45) is 10.1 Å². The van der Waals surface area contributed by atoms with Gasteiger partial charge in [-0.1, -0.05) is 36.0 Å². The number of amides is 1. The molecular weight excluding hydrogens is 340 g/mol. The van der Waals surface area contributed by atoms with Gasteiger partial charge in [0.15, 0.2) is 11.3 Å². The topological polar surface area (TPSA) is 57.1 Å². The van der Waals surface area contributed by atoms with Gasteiger partial charge in [0, 0.05) is 16.5 Å². The number of hydrogen-bond acceptors (Lipinski definition) is 6. The zero-order valence-corrected chi connectivity index (χ0v) is 14.3. The highest BCUT2D eigenvalue weighted by Crippen LogP contribution is 2.31. The Bertz CT molecular complexity index is 949. The van der Waals surface area contributed by atoms with Gasteiger partial charge in [0.05, 0.1) is 5.36 Å². The third-order valence-corrected chi connectivity index (χ3v) is 5.26. The van der Waals surface area contributed by atoms with Gasteiger partial charge in [-0.05, 0) is 22.9 Å². The molecule has 1 aromatic heterocycles. The number of rotatable bonds is 3. The van der Waals surface area contributed by atoms with Crippen molar-refractivity contribution in [3.8, 4) is 0 Å². The molecule has 0 spiro atoms. The fraction of sp³-hybridized carbons (Fsp3) is 0.118. The van der Waals surface area contributed by atoms with E-state index in [9.17, 15) is 4.79 Å². The second kappa shape index (κ2) is 6.26. The van der Waals surface area contributed by atoms with E-state index < -0.39 is 0 Å². The third kappa shape index (κ3) is 2.55. The van der Waals surface area contributed by atoms with Crippen molar-refractivity contribution in [1.29, 1.82) is 0 Å². The van der Waals surface area contributed by atoms with Crippen LogP contribution in [0.2, 0.25) is 0 Å². The standard InChI is InChI=1S/C17H14N4OS2/c1-2-8-24-17-19-16(22)14-12-5-3-4-6-13(12)18-15(21(14)20-17)11-7-9-23-10-11/h2-7,9-10,15H,1,8H2,(H,19,20,22)/t15-/m1/s1. The molecular formula is C17H14N4OS2. The molecule has 3 heterocycles. The van der Waals surface area contributed by atoms with E-state index >= 15 is 0 Å². The third-order valence-electron chi connectivity index (χ3n) is 3.69. The predicted molar refractivity (Wildman–Crippen MR) is 97.8 cm³/mol. The number of carbonyl (C=O) groups excluding carboxylic acids is 1. The molecule has 0 bridgehead atoms. The number of hydrazone groups is 1. The van der Waals surface area contributed by atoms with Crippen LogP contribution >= 0.6 is 23.1 Å². The summed E-state index contributed by atoms with van der Waals surface area (Å²) in [5, 5.41) is 15.5. The van der Waals surface area contributed by atoms with E-state index in [0.717, 1.165) is 16.1 Å². The smallest absolute Gasteiger partial charge is 0.276 e. The zero-order valence-electron chi connectivity index (χ0n) is 12.7. The van der Waals surface area contributed by atoms with Gasteiger partial charge in [-0.15, -0.1) is 11.7 Å². The van der Waals surface area contributed by atoms with Gasteiger partial charge in [-0.3, -0.25) is 15.1 Å². The lowest BCUT2D eigenvalue weighted by Gasteiger charge is -2.33. The zero-order chi connectivity index (χ0) is 16.5. The highest BCUT2D eigenvalue weighted by atomic mass is 32.2. The lowest BCUT2D eigenvalue weighted by atomic mass is 10.1. The average molecular weight is 354 g/mol. The summed E-state index contributed by atoms with van der Waals surface area (Å²) in [6.07, 6.45) is 1.46. The minimum absolute atomic E-state index is 0.154. The summed E-state index contributed by atoms with van der Waals surface area (Å²) >= 11 is 3.05. The Morgan fingerprint density at radius 1 is 1.38 bits per heavy atom. The fourth-order valence-electron chi connectivity index (χ4n) is 2.67. The van der Waals surface area contributed by atoms with Crippen molar-refractivity contribution in [2.45, 2.75) is 6.17 Å². The van der Waals surface area contributed by atoms with Crippen LogP contribution in [0, 0.1) is 0 Å². The molecule has 0 saturated heterocycles. The van der Waals surface area contributed by atoms with Gasteiger partial charge in [0.2, 0.25) is 0 Å². The number of amidine groups is 1. The summed E-state index contributed by atoms with van der Waals surface area (Å²) in [5.74, 6) is 0.526. The molecule has 2 aliphatic heterocycles. The van der Waals surface area contributed by atoms with E-state index in [2.05, 4.69) is 17.0 Å². The number of nitrogens with zero attached hydrogens (tertiary/aromatic N) is 3. The van der Waals surface area contributed by atoms with Gasteiger partial charge < -0.3 is 0 Å². The largest absolute Gasteiger partial charge is 0.298 e. The molecule has 7 heteroatoms. The molecule has 1 amide bonds. The molecule has 1 atom stereocenters. The summed E-state index contributed by atoms with van der Waals surface area (Å²) in [6, 6.07) is 9.69. The lowest BCUT2D eigenvalue weighted by Crippen LogP contribution is -2.50. The first-order valence-corrected chi connectivity index (χ1v) is 9.33. The van der Waals surface area contributed by atoms with Gasteiger partial charge >= 0.3 is 0 Å². The monoisotopic (exact) mass is 354 g/mol. The molecule has 0 aliphatic carbocycles. The van der Waals surface area contributed by atoms with Crippen molar-refractivity contribution >= 4 is 39.9 Å². The van der Waals surface area contributed by atoms with Crippen LogP contribution in [0.5, 0.6) is 0 Å². The highest BCUT2D eigenvalue weighted by Gasteiger charge is 2.34. The molecule has 1 aromatic carbocycles. The van der Waals surface area contributed by atoms with Gasteiger partial charge in [-0.25, -0.2) is 5.01 Å². The Balaban J connectivity index is 1.91. The first-order valence-electron chi connectivity index (χ1n) is 7.40. The van der Waals surface area contributed by atoms with Crippen molar-refractivity contribution in [3.63, 3.8) is 0 Å². The Morgan fingerprint density at radius 2 is 2.25 bits per heavy atom. The second-order valence-corrected chi connectivity index (χ2v) is 7.02. The first-order chi connectivity index (χ1) is 11.8. The fourth-order valence-corrected chi connectivity index (χ4v) is 3.93. The molecule has 0 fully saturated rings. The second-order valence-electron chi connectivity index (χ2n) is 5.23. The molecule has 2 aromatic rings. The number of para-hydroxylation sites is 1. The Morgan fingerprint density at radius 3 is 3.04 bits per heavy atom. The van der Waals surface area contributed by atoms with Crippen molar-refractivity contribution < 1.29 is 4.79 Å². The summed E-state index contributed by atoms with van der Waals surface area (Å²) in [4.78, 5) is 17.5. The maximum Gasteiger partial charge on any atom is 0.276 e. The quantitative estimate of drug-likeness (QED) is 0.856. The Hall–Kier alpha value is -2.38. The van der Waals surface area contributed by atoms with E-state index in [0.29, 0.717) is 16.6 Å². The predicted octanol–water partition coefficient (Wildman–Crippen LogP) is 1.81. The normalized spacial score (nSPS) is 18.9. The minimum atomic E-state index is -0.327. The molecule has 2 aliphatic rings. The van der Waals surface area contributed by atoms with Crippen LogP contribution in [0.3, 0.4) is 0 Å². The van der Waals surface area contributed by atoms with Crippen molar-refractivity contribution in [2.75, 3.05) is 5.75 Å². The number of nitrogens with one attached hydrogen (secondary N) is 1. The van der Waals surface area contributed by atoms with Crippen LogP contribution in [0.1, 0.15) is 11.7 Å². The van der Waals surface area contributed by atoms with Crippen LogP contribution in [0.25, 0.3) is 5.70 Å². The summed E-state index contributed by atoms with van der Waals surface area (Å²) in [6.45, 7) is 3.71. The molecule has 1 N–H and O–H groups in total. The van der Waals surface area contributed by atoms with Gasteiger partial charge in [0.25, 0.3) is 5.91 Å². The van der Waals surface area contributed by atoms with E-state index in [4.69, 9.17) is 4.99 Å². The minimum Gasteiger partial charge on any atom is -0.298 e. The van der Waals surface area contributed by atoms with E-state index in [1.54, 1.807) is 22.4 Å². The average Bonchev–Trinajstić information content (AvgIpc) is 3.13. The first kappa shape index (κ1) is 15.2. The van der Waals surface area contributed by atoms with Crippen molar-refractivity contribution in [1.82, 2.24) is 10.3 Å². The highest BCUT2D eigenvalue weighted by molar-refractivity contribution is 8.14. The van der Waals surface area contributed by atoms with Gasteiger partial charge in [0.1, 0.15) is 5.70 Å². The molecule has 120 valence electrons. The summed E-state index contributed by atoms with van der Waals surface area (Å²) in [7, 11) is 0. The number of fused-ring (bicyclic) bond motifs is 2. The van der Waals surface area contributed by atoms with Crippen LogP contribution < -0.4 is 15.9 Å². The number of hydrogen-bond donors (Lipinski definition) is 1. The van der Waals surface area contributed by atoms with E-state index in [1.807, 2.05) is 41.1 Å². The molecule has 5 nitrogen and oxygen atoms in total. The van der Waals surface area contributed by atoms with Crippen LogP contribution in [-0.2, 0) is 4.79 Å². The lowest BCUT2D eigenvalue weighted by molar-refractivity contribution is -0.116. The molecule has 24 heavy (non-hydrogen) atoms. The Labute approximate surface area is 147 Å². The van der Waals surface area contributed by atoms with E-state index in [1.165, 1.54) is 11.8 Å². The maximum absolute atomic E-state index is 12.7. The van der Waals surface area contributed by atoms with Crippen LogP contribution in [-0.4, -0.2) is 21.8 Å². The van der Waals surface area contributed by atoms with Gasteiger partial charge in [-0.2, -0.15) is 11.3 Å². The summed E-state index contributed by atoms with van der Waals surface area (Å²) in [5.41, 5.74) is 1.57. The number of thioether (sulfide) groups is 1. The molecule has 0 saturated carbocycles. The molecule has 4 rings (SSSR count). The number of thiophene rings is 1. The van der Waals surface area contributed by atoms with Crippen molar-refractivity contribution in [3.05, 3.63) is 69.9 Å². The van der Waals surface area contributed by atoms with E-state index in [-0.39, 0.29) is 12.1 Å². The van der Waals surface area contributed by atoms with Crippen LogP contribution in [0.15, 0.2) is 63.8 Å². The number of benzene rings is 1. The van der Waals surface area contributed by atoms with Crippen LogP contribution in [0.4, 0.5) is 0 Å². The SMILES string of the molecule is C=CCSC1=NN2C(=c3ccccc3=N[C@H]2c2ccsc2)C(=O)N1.